The van der Waals surface area contributed by atoms with E-state index in [-0.39, 0.29) is 0 Å². The lowest BCUT2D eigenvalue weighted by Crippen LogP contribution is -2.30. The Morgan fingerprint density at radius 3 is 2.13 bits per heavy atom. The molecule has 0 aliphatic rings. The van der Waals surface area contributed by atoms with E-state index < -0.39 is 18.0 Å². The van der Waals surface area contributed by atoms with Crippen molar-refractivity contribution in [2.75, 3.05) is 6.54 Å². The first kappa shape index (κ1) is 21.1. The van der Waals surface area contributed by atoms with Gasteiger partial charge in [-0.05, 0) is 18.9 Å². The van der Waals surface area contributed by atoms with Crippen LogP contribution in [0.3, 0.4) is 0 Å². The van der Waals surface area contributed by atoms with Crippen molar-refractivity contribution in [1.29, 1.82) is 0 Å². The molecule has 23 heavy (non-hydrogen) atoms. The lowest BCUT2D eigenvalue weighted by molar-refractivity contribution is -0.159. The number of carboxylic acid groups (broad SMARTS) is 2. The molecule has 4 N–H and O–H groups in total. The van der Waals surface area contributed by atoms with Gasteiger partial charge in [-0.1, -0.05) is 56.5 Å². The fraction of sp³-hybridized carbons (Fsp3) is 0.529. The summed E-state index contributed by atoms with van der Waals surface area (Å²) in [5.74, 6) is -3.65. The summed E-state index contributed by atoms with van der Waals surface area (Å²) < 4.78 is 0. The zero-order valence-corrected chi connectivity index (χ0v) is 13.7. The summed E-state index contributed by atoms with van der Waals surface area (Å²) >= 11 is 0. The number of rotatable bonds is 8. The molecule has 0 heterocycles. The molecule has 0 bridgehead atoms. The molecular formula is C17H27NO5. The van der Waals surface area contributed by atoms with Gasteiger partial charge >= 0.3 is 11.9 Å². The van der Waals surface area contributed by atoms with Crippen molar-refractivity contribution >= 4 is 11.9 Å². The molecule has 1 aromatic rings. The summed E-state index contributed by atoms with van der Waals surface area (Å²) in [5, 5.41) is 28.2. The monoisotopic (exact) mass is 325 g/mol. The highest BCUT2D eigenvalue weighted by Gasteiger charge is 2.08. The van der Waals surface area contributed by atoms with Gasteiger partial charge in [-0.25, -0.2) is 9.59 Å². The zero-order valence-electron chi connectivity index (χ0n) is 13.7. The Morgan fingerprint density at radius 1 is 1.09 bits per heavy atom. The number of aliphatic carboxylic acids is 2. The second kappa shape index (κ2) is 12.6. The molecule has 1 aromatic carbocycles. The van der Waals surface area contributed by atoms with Gasteiger partial charge < -0.3 is 20.6 Å². The van der Waals surface area contributed by atoms with Crippen molar-refractivity contribution in [2.45, 2.75) is 51.7 Å². The molecule has 0 amide bonds. The summed E-state index contributed by atoms with van der Waals surface area (Å²) in [7, 11) is 0. The van der Waals surface area contributed by atoms with Crippen LogP contribution >= 0.6 is 0 Å². The van der Waals surface area contributed by atoms with Crippen molar-refractivity contribution in [3.05, 3.63) is 35.9 Å². The minimum absolute atomic E-state index is 0.398. The Bertz CT molecular complexity index is 438. The van der Waals surface area contributed by atoms with Crippen LogP contribution in [0.1, 0.15) is 51.2 Å². The molecule has 0 saturated heterocycles. The number of aliphatic hydroxyl groups is 1. The van der Waals surface area contributed by atoms with Crippen LogP contribution in [0.4, 0.5) is 0 Å². The number of nitrogens with one attached hydrogen (secondary N) is 1. The first-order valence-corrected chi connectivity index (χ1v) is 7.81. The van der Waals surface area contributed by atoms with Gasteiger partial charge in [0.05, 0.1) is 6.10 Å². The van der Waals surface area contributed by atoms with Crippen molar-refractivity contribution < 1.29 is 24.9 Å². The second-order valence-corrected chi connectivity index (χ2v) is 5.34. The van der Waals surface area contributed by atoms with E-state index >= 15 is 0 Å². The van der Waals surface area contributed by atoms with Gasteiger partial charge in [-0.2, -0.15) is 0 Å². The normalized spacial score (nSPS) is 12.7. The first-order chi connectivity index (χ1) is 10.9. The minimum Gasteiger partial charge on any atom is -0.473 e. The molecule has 0 saturated carbocycles. The van der Waals surface area contributed by atoms with Crippen LogP contribution < -0.4 is 5.32 Å². The lowest BCUT2D eigenvalue weighted by Gasteiger charge is -2.17. The van der Waals surface area contributed by atoms with E-state index in [1.165, 1.54) is 25.7 Å². The number of unbranched alkanes of at least 4 members (excludes halogenated alkanes) is 2. The van der Waals surface area contributed by atoms with Crippen LogP contribution in [0.2, 0.25) is 0 Å². The predicted octanol–water partition coefficient (Wildman–Crippen LogP) is 2.43. The van der Waals surface area contributed by atoms with Gasteiger partial charge in [0.2, 0.25) is 0 Å². The summed E-state index contributed by atoms with van der Waals surface area (Å²) in [5.41, 5.74) is 0.987. The molecule has 6 heteroatoms. The Labute approximate surface area is 137 Å². The third-order valence-electron chi connectivity index (χ3n) is 3.27. The van der Waals surface area contributed by atoms with Gasteiger partial charge in [-0.15, -0.1) is 0 Å². The van der Waals surface area contributed by atoms with Crippen molar-refractivity contribution in [3.63, 3.8) is 0 Å². The molecule has 2 unspecified atom stereocenters. The van der Waals surface area contributed by atoms with Gasteiger partial charge in [0.1, 0.15) is 0 Å². The van der Waals surface area contributed by atoms with Crippen LogP contribution in [-0.4, -0.2) is 39.8 Å². The maximum Gasteiger partial charge on any atom is 0.414 e. The minimum atomic E-state index is -1.82. The Morgan fingerprint density at radius 2 is 1.65 bits per heavy atom. The van der Waals surface area contributed by atoms with Crippen LogP contribution in [0.25, 0.3) is 0 Å². The third-order valence-corrected chi connectivity index (χ3v) is 3.27. The molecular weight excluding hydrogens is 298 g/mol. The van der Waals surface area contributed by atoms with Crippen molar-refractivity contribution in [1.82, 2.24) is 5.32 Å². The van der Waals surface area contributed by atoms with Gasteiger partial charge in [-0.3, -0.25) is 0 Å². The molecule has 1 rings (SSSR count). The van der Waals surface area contributed by atoms with Gasteiger partial charge in [0, 0.05) is 12.6 Å². The lowest BCUT2D eigenvalue weighted by atomic mass is 10.1. The van der Waals surface area contributed by atoms with E-state index in [1.807, 2.05) is 30.3 Å². The smallest absolute Gasteiger partial charge is 0.414 e. The van der Waals surface area contributed by atoms with Crippen LogP contribution in [-0.2, 0) is 9.59 Å². The van der Waals surface area contributed by atoms with Crippen LogP contribution in [0.15, 0.2) is 30.3 Å². The SMILES string of the molecule is CCCCCC(C)NCC(O)c1ccccc1.O=C(O)C(=O)O. The number of hydrogen-bond donors (Lipinski definition) is 4. The topological polar surface area (TPSA) is 107 Å². The quantitative estimate of drug-likeness (QED) is 0.432. The number of hydrogen-bond acceptors (Lipinski definition) is 4. The summed E-state index contributed by atoms with van der Waals surface area (Å²) in [4.78, 5) is 18.2. The molecule has 0 aliphatic heterocycles. The highest BCUT2D eigenvalue weighted by molar-refractivity contribution is 6.27. The fourth-order valence-corrected chi connectivity index (χ4v) is 1.91. The number of benzene rings is 1. The van der Waals surface area contributed by atoms with E-state index in [9.17, 15) is 5.11 Å². The molecule has 6 nitrogen and oxygen atoms in total. The summed E-state index contributed by atoms with van der Waals surface area (Å²) in [6.07, 6.45) is 4.62. The largest absolute Gasteiger partial charge is 0.473 e. The highest BCUT2D eigenvalue weighted by atomic mass is 16.4. The average Bonchev–Trinajstić information content (AvgIpc) is 2.54. The highest BCUT2D eigenvalue weighted by Crippen LogP contribution is 2.11. The molecule has 0 radical (unpaired) electrons. The fourth-order valence-electron chi connectivity index (χ4n) is 1.91. The molecule has 2 atom stereocenters. The van der Waals surface area contributed by atoms with Crippen LogP contribution in [0, 0.1) is 0 Å². The predicted molar refractivity (Wildman–Crippen MR) is 88.3 cm³/mol. The van der Waals surface area contributed by atoms with Crippen LogP contribution in [0.5, 0.6) is 0 Å². The maximum atomic E-state index is 9.98. The maximum absolute atomic E-state index is 9.98. The number of aliphatic hydroxyl groups excluding tert-OH is 1. The Hall–Kier alpha value is -1.92. The van der Waals surface area contributed by atoms with Gasteiger partial charge in [0.15, 0.2) is 0 Å². The average molecular weight is 325 g/mol. The van der Waals surface area contributed by atoms with E-state index in [1.54, 1.807) is 0 Å². The third kappa shape index (κ3) is 11.3. The molecule has 0 fully saturated rings. The van der Waals surface area contributed by atoms with Crippen molar-refractivity contribution in [3.8, 4) is 0 Å². The van der Waals surface area contributed by atoms with E-state index in [0.717, 1.165) is 5.56 Å². The molecule has 0 spiro atoms. The van der Waals surface area contributed by atoms with Crippen molar-refractivity contribution in [2.24, 2.45) is 0 Å². The second-order valence-electron chi connectivity index (χ2n) is 5.34. The molecule has 130 valence electrons. The number of carbonyl (C=O) groups is 2. The molecule has 0 aromatic heterocycles. The van der Waals surface area contributed by atoms with E-state index in [0.29, 0.717) is 12.6 Å². The van der Waals surface area contributed by atoms with E-state index in [4.69, 9.17) is 19.8 Å². The standard InChI is InChI=1S/C15H25NO.C2H2O4/c1-3-4-6-9-13(2)16-12-15(17)14-10-7-5-8-11-14;3-1(4)2(5)6/h5,7-8,10-11,13,15-17H,3-4,6,9,12H2,1-2H3;(H,3,4)(H,5,6). The number of carboxylic acids is 2. The zero-order chi connectivity index (χ0) is 17.7. The summed E-state index contributed by atoms with van der Waals surface area (Å²) in [6, 6.07) is 10.3. The Balaban J connectivity index is 0.000000688. The summed E-state index contributed by atoms with van der Waals surface area (Å²) in [6.45, 7) is 5.04. The molecule has 0 aliphatic carbocycles. The van der Waals surface area contributed by atoms with E-state index in [2.05, 4.69) is 19.2 Å². The Kier molecular flexibility index (Phi) is 11.6. The first-order valence-electron chi connectivity index (χ1n) is 7.81. The van der Waals surface area contributed by atoms with Gasteiger partial charge in [0.25, 0.3) is 0 Å².